The van der Waals surface area contributed by atoms with Gasteiger partial charge in [-0.05, 0) is 51.4 Å². The first-order valence-corrected chi connectivity index (χ1v) is 21.8. The summed E-state index contributed by atoms with van der Waals surface area (Å²) in [7, 11) is -4.60. The molecular formula is C41H70O12S. The molecule has 12 nitrogen and oxygen atoms in total. The summed E-state index contributed by atoms with van der Waals surface area (Å²) in [5.74, 6) is -2.06. The van der Waals surface area contributed by atoms with Crippen LogP contribution in [0.1, 0.15) is 142 Å². The van der Waals surface area contributed by atoms with Gasteiger partial charge in [-0.1, -0.05) is 127 Å². The molecule has 0 radical (unpaired) electrons. The van der Waals surface area contributed by atoms with E-state index in [2.05, 4.69) is 50.3 Å². The number of hydrogen-bond acceptors (Lipinski definition) is 11. The predicted molar refractivity (Wildman–Crippen MR) is 210 cm³/mol. The number of ether oxygens (including phenoxy) is 4. The molecule has 312 valence electrons. The Labute approximate surface area is 324 Å². The van der Waals surface area contributed by atoms with Gasteiger partial charge in [0.2, 0.25) is 0 Å². The second-order valence-corrected chi connectivity index (χ2v) is 15.4. The molecule has 4 N–H and O–H groups in total. The second kappa shape index (κ2) is 31.8. The topological polar surface area (TPSA) is 186 Å². The Balaban J connectivity index is 2.55. The van der Waals surface area contributed by atoms with E-state index in [4.69, 9.17) is 18.9 Å². The van der Waals surface area contributed by atoms with Gasteiger partial charge in [-0.2, -0.15) is 8.42 Å². The molecule has 1 aliphatic heterocycles. The highest BCUT2D eigenvalue weighted by molar-refractivity contribution is 7.85. The smallest absolute Gasteiger partial charge is 0.306 e. The van der Waals surface area contributed by atoms with Crippen LogP contribution in [-0.2, 0) is 38.7 Å². The standard InChI is InChI=1S/C41H70O12S/c1-3-5-7-9-11-13-14-15-16-17-18-19-20-22-24-26-28-30-37(43)52-34(31-50-36(42)29-27-25-23-21-12-10-8-6-4-2)32-51-41-40(46)39(45)38(44)35(53-41)33-54(47,48)49/h11,13,15-16,18-19,22,24,34-35,38-41,44-46H,3-10,12,14,17,20-21,23,25-33H2,1-2H3,(H,47,48,49)/b13-11+,16-15+,19-18+,24-22+/t34-,35-,38-,39?,40?,41+/m1/s1. The number of aliphatic hydroxyl groups is 3. The summed E-state index contributed by atoms with van der Waals surface area (Å²) >= 11 is 0. The van der Waals surface area contributed by atoms with E-state index in [-0.39, 0.29) is 19.4 Å². The van der Waals surface area contributed by atoms with Gasteiger partial charge < -0.3 is 34.3 Å². The van der Waals surface area contributed by atoms with E-state index in [1.807, 2.05) is 12.2 Å². The first kappa shape index (κ1) is 49.6. The van der Waals surface area contributed by atoms with Gasteiger partial charge in [0.05, 0.1) is 6.61 Å². The zero-order valence-electron chi connectivity index (χ0n) is 32.8. The number of carbonyl (C=O) groups is 2. The highest BCUT2D eigenvalue weighted by Crippen LogP contribution is 2.24. The molecule has 0 amide bonds. The molecule has 0 aromatic rings. The van der Waals surface area contributed by atoms with Gasteiger partial charge in [-0.15, -0.1) is 0 Å². The first-order valence-electron chi connectivity index (χ1n) is 20.2. The van der Waals surface area contributed by atoms with Crippen LogP contribution >= 0.6 is 0 Å². The number of allylic oxidation sites excluding steroid dienone is 8. The Kier molecular flexibility index (Phi) is 29.2. The molecular weight excluding hydrogens is 717 g/mol. The van der Waals surface area contributed by atoms with Gasteiger partial charge in [0, 0.05) is 12.8 Å². The van der Waals surface area contributed by atoms with Crippen LogP contribution in [0.5, 0.6) is 0 Å². The molecule has 1 heterocycles. The maximum absolute atomic E-state index is 12.7. The summed E-state index contributed by atoms with van der Waals surface area (Å²) in [5.41, 5.74) is 0. The molecule has 13 heteroatoms. The van der Waals surface area contributed by atoms with Crippen LogP contribution in [0.2, 0.25) is 0 Å². The van der Waals surface area contributed by atoms with Crippen LogP contribution in [0.4, 0.5) is 0 Å². The van der Waals surface area contributed by atoms with Crippen molar-refractivity contribution in [1.29, 1.82) is 0 Å². The van der Waals surface area contributed by atoms with Crippen LogP contribution in [0.25, 0.3) is 0 Å². The minimum Gasteiger partial charge on any atom is -0.462 e. The first-order chi connectivity index (χ1) is 26.0. The number of aliphatic hydroxyl groups excluding tert-OH is 3. The minimum atomic E-state index is -4.60. The van der Waals surface area contributed by atoms with Crippen molar-refractivity contribution in [2.24, 2.45) is 0 Å². The molecule has 1 fully saturated rings. The van der Waals surface area contributed by atoms with E-state index in [1.54, 1.807) is 0 Å². The number of unbranched alkanes of at least 4 members (excludes halogenated alkanes) is 12. The fraction of sp³-hybridized carbons (Fsp3) is 0.756. The van der Waals surface area contributed by atoms with Crippen LogP contribution in [0, 0.1) is 0 Å². The van der Waals surface area contributed by atoms with E-state index in [1.165, 1.54) is 51.4 Å². The summed E-state index contributed by atoms with van der Waals surface area (Å²) in [4.78, 5) is 25.2. The van der Waals surface area contributed by atoms with E-state index in [0.717, 1.165) is 44.9 Å². The average molecular weight is 787 g/mol. The van der Waals surface area contributed by atoms with E-state index < -0.39 is 71.2 Å². The summed E-state index contributed by atoms with van der Waals surface area (Å²) in [5, 5.41) is 30.7. The van der Waals surface area contributed by atoms with Crippen molar-refractivity contribution in [2.45, 2.75) is 179 Å². The molecule has 1 saturated heterocycles. The third kappa shape index (κ3) is 26.4. The molecule has 2 unspecified atom stereocenters. The van der Waals surface area contributed by atoms with Crippen molar-refractivity contribution in [2.75, 3.05) is 19.0 Å². The maximum Gasteiger partial charge on any atom is 0.306 e. The number of carbonyl (C=O) groups excluding carboxylic acids is 2. The van der Waals surface area contributed by atoms with E-state index >= 15 is 0 Å². The Morgan fingerprint density at radius 2 is 1.13 bits per heavy atom. The third-order valence-electron chi connectivity index (χ3n) is 8.91. The quantitative estimate of drug-likeness (QED) is 0.0233. The Bertz CT molecular complexity index is 1200. The van der Waals surface area contributed by atoms with Gasteiger partial charge in [0.15, 0.2) is 12.4 Å². The summed E-state index contributed by atoms with van der Waals surface area (Å²) in [6.07, 6.45) is 26.1. The van der Waals surface area contributed by atoms with Crippen molar-refractivity contribution >= 4 is 22.1 Å². The molecule has 0 aromatic carbocycles. The summed E-state index contributed by atoms with van der Waals surface area (Å²) in [6, 6.07) is 0. The lowest BCUT2D eigenvalue weighted by atomic mass is 10.00. The van der Waals surface area contributed by atoms with Gasteiger partial charge >= 0.3 is 11.9 Å². The molecule has 0 aromatic heterocycles. The number of rotatable bonds is 32. The van der Waals surface area contributed by atoms with Crippen LogP contribution in [0.3, 0.4) is 0 Å². The Morgan fingerprint density at radius 3 is 1.70 bits per heavy atom. The molecule has 0 saturated carbocycles. The zero-order chi connectivity index (χ0) is 39.9. The lowest BCUT2D eigenvalue weighted by molar-refractivity contribution is -0.297. The van der Waals surface area contributed by atoms with Crippen molar-refractivity contribution in [3.63, 3.8) is 0 Å². The van der Waals surface area contributed by atoms with Crippen molar-refractivity contribution in [3.05, 3.63) is 48.6 Å². The highest BCUT2D eigenvalue weighted by Gasteiger charge is 2.46. The van der Waals surface area contributed by atoms with E-state index in [0.29, 0.717) is 19.3 Å². The van der Waals surface area contributed by atoms with E-state index in [9.17, 15) is 37.9 Å². The second-order valence-electron chi connectivity index (χ2n) is 14.0. The average Bonchev–Trinajstić information content (AvgIpc) is 3.13. The fourth-order valence-electron chi connectivity index (χ4n) is 5.73. The fourth-order valence-corrected chi connectivity index (χ4v) is 6.42. The van der Waals surface area contributed by atoms with Crippen molar-refractivity contribution < 1.29 is 56.8 Å². The maximum atomic E-state index is 12.7. The Hall–Kier alpha value is -2.39. The lowest BCUT2D eigenvalue weighted by Crippen LogP contribution is -2.60. The van der Waals surface area contributed by atoms with Crippen LogP contribution in [0.15, 0.2) is 48.6 Å². The van der Waals surface area contributed by atoms with Crippen LogP contribution < -0.4 is 0 Å². The largest absolute Gasteiger partial charge is 0.462 e. The summed E-state index contributed by atoms with van der Waals surface area (Å²) in [6.45, 7) is 3.63. The zero-order valence-corrected chi connectivity index (χ0v) is 33.6. The molecule has 0 spiro atoms. The van der Waals surface area contributed by atoms with Gasteiger partial charge in [0.1, 0.15) is 36.8 Å². The highest BCUT2D eigenvalue weighted by atomic mass is 32.2. The summed E-state index contributed by atoms with van der Waals surface area (Å²) < 4.78 is 53.7. The number of esters is 2. The molecule has 1 aliphatic rings. The molecule has 0 bridgehead atoms. The SMILES string of the molecule is CCCCC/C=C/C/C=C/C/C=C/C/C=C/CCCC(=O)O[C@H](COC(=O)CCCCCCCCCCC)CO[C@H]1O[C@H](CS(=O)(=O)O)[C@@H](O)C(O)C1O. The minimum absolute atomic E-state index is 0.0881. The third-order valence-corrected chi connectivity index (χ3v) is 9.66. The van der Waals surface area contributed by atoms with Gasteiger partial charge in [0.25, 0.3) is 10.1 Å². The van der Waals surface area contributed by atoms with Gasteiger partial charge in [-0.25, -0.2) is 0 Å². The van der Waals surface area contributed by atoms with Crippen molar-refractivity contribution in [3.8, 4) is 0 Å². The van der Waals surface area contributed by atoms with Crippen molar-refractivity contribution in [1.82, 2.24) is 0 Å². The monoisotopic (exact) mass is 786 g/mol. The molecule has 1 rings (SSSR count). The lowest BCUT2D eigenvalue weighted by Gasteiger charge is -2.40. The molecule has 6 atom stereocenters. The normalized spacial score (nSPS) is 21.5. The molecule has 0 aliphatic carbocycles. The predicted octanol–water partition coefficient (Wildman–Crippen LogP) is 7.22. The van der Waals surface area contributed by atoms with Gasteiger partial charge in [-0.3, -0.25) is 14.1 Å². The number of hydrogen-bond donors (Lipinski definition) is 4. The molecule has 54 heavy (non-hydrogen) atoms. The Morgan fingerprint density at radius 1 is 0.630 bits per heavy atom. The van der Waals surface area contributed by atoms with Crippen LogP contribution in [-0.4, -0.2) is 96.0 Å².